The quantitative estimate of drug-likeness (QED) is 0.687. The smallest absolute Gasteiger partial charge is 0.247 e. The van der Waals surface area contributed by atoms with Gasteiger partial charge in [0.05, 0.1) is 24.1 Å². The van der Waals surface area contributed by atoms with Gasteiger partial charge >= 0.3 is 0 Å². The number of hydrogen-bond donors (Lipinski definition) is 1. The highest BCUT2D eigenvalue weighted by atomic mass is 16.2. The van der Waals surface area contributed by atoms with E-state index in [0.29, 0.717) is 11.6 Å². The molecule has 9 nitrogen and oxygen atoms in total. The molecule has 0 fully saturated rings. The van der Waals surface area contributed by atoms with E-state index in [9.17, 15) is 4.79 Å². The van der Waals surface area contributed by atoms with Gasteiger partial charge in [0.15, 0.2) is 5.82 Å². The third-order valence-corrected chi connectivity index (χ3v) is 3.95. The Labute approximate surface area is 157 Å². The first-order chi connectivity index (χ1) is 13.0. The van der Waals surface area contributed by atoms with Crippen LogP contribution in [0.25, 0.3) is 11.3 Å². The lowest BCUT2D eigenvalue weighted by atomic mass is 10.1. The molecule has 0 spiro atoms. The first-order valence-electron chi connectivity index (χ1n) is 9.03. The molecule has 3 rings (SSSR count). The molecule has 1 amide bonds. The number of aromatic nitrogens is 7. The molecule has 0 bridgehead atoms. The molecule has 0 atom stereocenters. The van der Waals surface area contributed by atoms with Crippen LogP contribution in [-0.4, -0.2) is 40.6 Å². The SMILES string of the molecule is CCCc1cnc(C)nc1-c1cnn(CC(=O)Nc2cnn(C(C)C)n2)c1. The minimum absolute atomic E-state index is 0.0850. The van der Waals surface area contributed by atoms with E-state index in [0.717, 1.165) is 29.7 Å². The highest BCUT2D eigenvalue weighted by Gasteiger charge is 2.13. The van der Waals surface area contributed by atoms with Crippen molar-refractivity contribution < 1.29 is 4.79 Å². The highest BCUT2D eigenvalue weighted by Crippen LogP contribution is 2.22. The van der Waals surface area contributed by atoms with Crippen LogP contribution in [0, 0.1) is 6.92 Å². The predicted octanol–water partition coefficient (Wildman–Crippen LogP) is 2.41. The molecule has 0 aliphatic rings. The van der Waals surface area contributed by atoms with Gasteiger partial charge in [-0.1, -0.05) is 13.3 Å². The van der Waals surface area contributed by atoms with Crippen LogP contribution in [0.5, 0.6) is 0 Å². The average molecular weight is 368 g/mol. The maximum Gasteiger partial charge on any atom is 0.247 e. The molecule has 1 N–H and O–H groups in total. The van der Waals surface area contributed by atoms with Gasteiger partial charge in [-0.15, -0.1) is 5.10 Å². The molecule has 142 valence electrons. The summed E-state index contributed by atoms with van der Waals surface area (Å²) < 4.78 is 1.59. The van der Waals surface area contributed by atoms with E-state index in [1.807, 2.05) is 33.2 Å². The Kier molecular flexibility index (Phi) is 5.58. The molecule has 27 heavy (non-hydrogen) atoms. The summed E-state index contributed by atoms with van der Waals surface area (Å²) >= 11 is 0. The monoisotopic (exact) mass is 368 g/mol. The van der Waals surface area contributed by atoms with Gasteiger partial charge in [0.25, 0.3) is 0 Å². The fourth-order valence-corrected chi connectivity index (χ4v) is 2.68. The number of hydrogen-bond acceptors (Lipinski definition) is 6. The minimum atomic E-state index is -0.215. The van der Waals surface area contributed by atoms with Gasteiger partial charge in [0, 0.05) is 18.0 Å². The summed E-state index contributed by atoms with van der Waals surface area (Å²) in [6.07, 6.45) is 8.85. The molecule has 3 aromatic rings. The number of carbonyl (C=O) groups is 1. The van der Waals surface area contributed by atoms with Crippen molar-refractivity contribution in [3.05, 3.63) is 36.2 Å². The zero-order chi connectivity index (χ0) is 19.4. The number of aryl methyl sites for hydroxylation is 2. The first-order valence-corrected chi connectivity index (χ1v) is 9.03. The normalized spacial score (nSPS) is 11.1. The summed E-state index contributed by atoms with van der Waals surface area (Å²) in [4.78, 5) is 22.6. The van der Waals surface area contributed by atoms with Gasteiger partial charge in [-0.05, 0) is 32.8 Å². The summed E-state index contributed by atoms with van der Waals surface area (Å²) in [5, 5.41) is 15.4. The fourth-order valence-electron chi connectivity index (χ4n) is 2.68. The lowest BCUT2D eigenvalue weighted by Gasteiger charge is -2.06. The molecule has 0 aromatic carbocycles. The summed E-state index contributed by atoms with van der Waals surface area (Å²) in [7, 11) is 0. The van der Waals surface area contributed by atoms with Crippen LogP contribution in [0.2, 0.25) is 0 Å². The molecule has 3 aromatic heterocycles. The molecule has 0 aliphatic carbocycles. The van der Waals surface area contributed by atoms with Crippen molar-refractivity contribution in [2.45, 2.75) is 53.1 Å². The third kappa shape index (κ3) is 4.55. The van der Waals surface area contributed by atoms with Crippen LogP contribution in [0.4, 0.5) is 5.82 Å². The minimum Gasteiger partial charge on any atom is -0.306 e. The zero-order valence-corrected chi connectivity index (χ0v) is 16.0. The van der Waals surface area contributed by atoms with Crippen LogP contribution < -0.4 is 5.32 Å². The van der Waals surface area contributed by atoms with E-state index in [4.69, 9.17) is 0 Å². The second-order valence-corrected chi connectivity index (χ2v) is 6.66. The molecule has 0 radical (unpaired) electrons. The lowest BCUT2D eigenvalue weighted by Crippen LogP contribution is -2.19. The molecule has 0 unspecified atom stereocenters. The van der Waals surface area contributed by atoms with E-state index in [1.54, 1.807) is 15.7 Å². The molecule has 0 aliphatic heterocycles. The maximum atomic E-state index is 12.3. The predicted molar refractivity (Wildman–Crippen MR) is 101 cm³/mol. The van der Waals surface area contributed by atoms with Gasteiger partial charge in [-0.2, -0.15) is 15.0 Å². The van der Waals surface area contributed by atoms with Crippen molar-refractivity contribution in [2.75, 3.05) is 5.32 Å². The van der Waals surface area contributed by atoms with Crippen LogP contribution in [0.15, 0.2) is 24.8 Å². The molecule has 0 saturated heterocycles. The maximum absolute atomic E-state index is 12.3. The Morgan fingerprint density at radius 3 is 2.74 bits per heavy atom. The van der Waals surface area contributed by atoms with Crippen molar-refractivity contribution in [1.82, 2.24) is 34.7 Å². The van der Waals surface area contributed by atoms with Crippen molar-refractivity contribution in [3.8, 4) is 11.3 Å². The number of anilines is 1. The van der Waals surface area contributed by atoms with Crippen LogP contribution in [0.3, 0.4) is 0 Å². The number of nitrogens with zero attached hydrogens (tertiary/aromatic N) is 7. The van der Waals surface area contributed by atoms with Crippen LogP contribution in [-0.2, 0) is 17.8 Å². The number of nitrogens with one attached hydrogen (secondary N) is 1. The number of amides is 1. The number of rotatable bonds is 7. The van der Waals surface area contributed by atoms with Gasteiger partial charge in [-0.25, -0.2) is 9.97 Å². The second kappa shape index (κ2) is 8.07. The Hall–Kier alpha value is -3.10. The standard InChI is InChI=1S/C18H24N8O/c1-5-6-14-7-19-13(4)22-18(14)15-8-20-25(10-15)11-17(27)23-16-9-21-26(24-16)12(2)3/h7-10,12H,5-6,11H2,1-4H3,(H,23,24,27). The van der Waals surface area contributed by atoms with Gasteiger partial charge in [0.1, 0.15) is 12.4 Å². The van der Waals surface area contributed by atoms with E-state index in [2.05, 4.69) is 37.5 Å². The van der Waals surface area contributed by atoms with Gasteiger partial charge in [-0.3, -0.25) is 9.48 Å². The van der Waals surface area contributed by atoms with E-state index < -0.39 is 0 Å². The Bertz CT molecular complexity index is 927. The largest absolute Gasteiger partial charge is 0.306 e. The van der Waals surface area contributed by atoms with Crippen molar-refractivity contribution in [1.29, 1.82) is 0 Å². The van der Waals surface area contributed by atoms with E-state index in [-0.39, 0.29) is 18.5 Å². The fraction of sp³-hybridized carbons (Fsp3) is 0.444. The summed E-state index contributed by atoms with van der Waals surface area (Å²) in [5.41, 5.74) is 2.83. The summed E-state index contributed by atoms with van der Waals surface area (Å²) in [6, 6.07) is 0.137. The summed E-state index contributed by atoms with van der Waals surface area (Å²) in [6.45, 7) is 8.01. The number of carbonyl (C=O) groups excluding carboxylic acids is 1. The average Bonchev–Trinajstić information content (AvgIpc) is 3.26. The highest BCUT2D eigenvalue weighted by molar-refractivity contribution is 5.89. The molecule has 0 saturated carbocycles. The van der Waals surface area contributed by atoms with Crippen molar-refractivity contribution in [2.24, 2.45) is 0 Å². The molecule has 3 heterocycles. The Morgan fingerprint density at radius 1 is 1.22 bits per heavy atom. The van der Waals surface area contributed by atoms with Crippen molar-refractivity contribution >= 4 is 11.7 Å². The topological polar surface area (TPSA) is 103 Å². The van der Waals surface area contributed by atoms with E-state index >= 15 is 0 Å². The Balaban J connectivity index is 1.70. The molecule has 9 heteroatoms. The first kappa shape index (κ1) is 18.7. The molecular weight excluding hydrogens is 344 g/mol. The second-order valence-electron chi connectivity index (χ2n) is 6.66. The zero-order valence-electron chi connectivity index (χ0n) is 16.0. The van der Waals surface area contributed by atoms with Crippen molar-refractivity contribution in [3.63, 3.8) is 0 Å². The lowest BCUT2D eigenvalue weighted by molar-refractivity contribution is -0.116. The Morgan fingerprint density at radius 2 is 2.04 bits per heavy atom. The van der Waals surface area contributed by atoms with E-state index in [1.165, 1.54) is 6.20 Å². The van der Waals surface area contributed by atoms with Crippen LogP contribution >= 0.6 is 0 Å². The summed E-state index contributed by atoms with van der Waals surface area (Å²) in [5.74, 6) is 0.925. The third-order valence-electron chi connectivity index (χ3n) is 3.95. The molecular formula is C18H24N8O. The van der Waals surface area contributed by atoms with Gasteiger partial charge in [0.2, 0.25) is 5.91 Å². The van der Waals surface area contributed by atoms with Gasteiger partial charge < -0.3 is 5.32 Å². The van der Waals surface area contributed by atoms with Crippen LogP contribution in [0.1, 0.15) is 44.6 Å².